The van der Waals surface area contributed by atoms with Crippen molar-refractivity contribution >= 4 is 5.91 Å². The molecule has 5 nitrogen and oxygen atoms in total. The molecule has 2 aromatic carbocycles. The van der Waals surface area contributed by atoms with E-state index in [1.807, 2.05) is 0 Å². The van der Waals surface area contributed by atoms with Crippen molar-refractivity contribution in [2.75, 3.05) is 33.4 Å². The first-order valence-corrected chi connectivity index (χ1v) is 8.42. The highest BCUT2D eigenvalue weighted by atomic mass is 19.2. The van der Waals surface area contributed by atoms with Crippen LogP contribution >= 0.6 is 0 Å². The zero-order chi connectivity index (χ0) is 20.3. The summed E-state index contributed by atoms with van der Waals surface area (Å²) < 4.78 is 70.2. The van der Waals surface area contributed by atoms with Crippen LogP contribution in [0.5, 0.6) is 11.5 Å². The third-order valence-corrected chi connectivity index (χ3v) is 4.25. The number of benzene rings is 2. The van der Waals surface area contributed by atoms with E-state index in [-0.39, 0.29) is 26.3 Å². The lowest BCUT2D eigenvalue weighted by Crippen LogP contribution is -2.48. The molecule has 1 heterocycles. The number of rotatable bonds is 5. The molecule has 2 aromatic rings. The Morgan fingerprint density at radius 1 is 1.14 bits per heavy atom. The van der Waals surface area contributed by atoms with Gasteiger partial charge in [0.15, 0.2) is 34.8 Å². The maximum atomic E-state index is 13.9. The first kappa shape index (κ1) is 19.9. The molecular formula is C19H17F4NO4. The minimum absolute atomic E-state index is 0.00797. The standard InChI is InChI=1S/C19H17F4NO4/c1-26-14-4-2-3-5-15(14)28-10-11-9-24(6-7-27-11)19(25)12-8-13(20)17(22)18(23)16(12)21/h2-5,8,11H,6-7,9-10H2,1H3. The van der Waals surface area contributed by atoms with E-state index in [9.17, 15) is 22.4 Å². The van der Waals surface area contributed by atoms with Crippen LogP contribution in [0.25, 0.3) is 0 Å². The third-order valence-electron chi connectivity index (χ3n) is 4.25. The van der Waals surface area contributed by atoms with E-state index in [0.717, 1.165) is 0 Å². The van der Waals surface area contributed by atoms with E-state index in [1.54, 1.807) is 24.3 Å². The number of amides is 1. The number of nitrogens with zero attached hydrogens (tertiary/aromatic N) is 1. The number of carbonyl (C=O) groups excluding carboxylic acids is 1. The van der Waals surface area contributed by atoms with Crippen molar-refractivity contribution in [3.05, 3.63) is 59.2 Å². The van der Waals surface area contributed by atoms with Crippen molar-refractivity contribution in [3.63, 3.8) is 0 Å². The molecule has 0 aliphatic carbocycles. The Hall–Kier alpha value is -2.81. The van der Waals surface area contributed by atoms with Crippen LogP contribution in [-0.4, -0.2) is 50.3 Å². The Balaban J connectivity index is 1.69. The number of ether oxygens (including phenoxy) is 3. The van der Waals surface area contributed by atoms with Crippen molar-refractivity contribution in [2.45, 2.75) is 6.10 Å². The zero-order valence-corrected chi connectivity index (χ0v) is 14.9. The first-order valence-electron chi connectivity index (χ1n) is 8.42. The SMILES string of the molecule is COc1ccccc1OCC1CN(C(=O)c2cc(F)c(F)c(F)c2F)CCO1. The summed E-state index contributed by atoms with van der Waals surface area (Å²) in [6.07, 6.45) is -0.555. The maximum Gasteiger partial charge on any atom is 0.257 e. The lowest BCUT2D eigenvalue weighted by molar-refractivity contribution is -0.0405. The lowest BCUT2D eigenvalue weighted by Gasteiger charge is -2.33. The second-order valence-corrected chi connectivity index (χ2v) is 6.05. The van der Waals surface area contributed by atoms with Crippen molar-refractivity contribution in [3.8, 4) is 11.5 Å². The molecule has 0 saturated carbocycles. The van der Waals surface area contributed by atoms with Gasteiger partial charge in [0.25, 0.3) is 5.91 Å². The Morgan fingerprint density at radius 3 is 2.57 bits per heavy atom. The first-order chi connectivity index (χ1) is 13.4. The molecule has 150 valence electrons. The van der Waals surface area contributed by atoms with Gasteiger partial charge in [0.05, 0.1) is 25.8 Å². The molecule has 28 heavy (non-hydrogen) atoms. The normalized spacial score (nSPS) is 16.8. The monoisotopic (exact) mass is 399 g/mol. The summed E-state index contributed by atoms with van der Waals surface area (Å²) in [5.41, 5.74) is -0.873. The van der Waals surface area contributed by atoms with Gasteiger partial charge in [-0.15, -0.1) is 0 Å². The molecule has 1 amide bonds. The molecule has 1 aliphatic rings. The second-order valence-electron chi connectivity index (χ2n) is 6.05. The van der Waals surface area contributed by atoms with E-state index >= 15 is 0 Å². The van der Waals surface area contributed by atoms with Crippen LogP contribution < -0.4 is 9.47 Å². The van der Waals surface area contributed by atoms with Crippen LogP contribution in [0.1, 0.15) is 10.4 Å². The summed E-state index contributed by atoms with van der Waals surface area (Å²) in [5.74, 6) is -7.30. The van der Waals surface area contributed by atoms with Crippen molar-refractivity contribution in [1.29, 1.82) is 0 Å². The van der Waals surface area contributed by atoms with Crippen LogP contribution in [0, 0.1) is 23.3 Å². The van der Waals surface area contributed by atoms with Gasteiger partial charge in [-0.2, -0.15) is 0 Å². The summed E-state index contributed by atoms with van der Waals surface area (Å²) in [6.45, 7) is 0.288. The van der Waals surface area contributed by atoms with Gasteiger partial charge in [0.2, 0.25) is 0 Å². The molecular weight excluding hydrogens is 382 g/mol. The largest absolute Gasteiger partial charge is 0.493 e. The predicted molar refractivity (Wildman–Crippen MR) is 90.4 cm³/mol. The molecule has 0 bridgehead atoms. The molecule has 9 heteroatoms. The van der Waals surface area contributed by atoms with Crippen molar-refractivity contribution in [2.24, 2.45) is 0 Å². The molecule has 1 aliphatic heterocycles. The van der Waals surface area contributed by atoms with Crippen LogP contribution in [0.15, 0.2) is 30.3 Å². The summed E-state index contributed by atoms with van der Waals surface area (Å²) >= 11 is 0. The van der Waals surface area contributed by atoms with Crippen molar-refractivity contribution < 1.29 is 36.6 Å². The molecule has 1 unspecified atom stereocenters. The number of hydrogen-bond donors (Lipinski definition) is 0. The number of halogens is 4. The summed E-state index contributed by atoms with van der Waals surface area (Å²) in [7, 11) is 1.50. The molecule has 0 N–H and O–H groups in total. The topological polar surface area (TPSA) is 48.0 Å². The van der Waals surface area contributed by atoms with Gasteiger partial charge in [-0.3, -0.25) is 4.79 Å². The molecule has 1 saturated heterocycles. The Kier molecular flexibility index (Phi) is 6.03. The Labute approximate surface area is 158 Å². The second kappa shape index (κ2) is 8.47. The van der Waals surface area contributed by atoms with E-state index in [2.05, 4.69) is 0 Å². The highest BCUT2D eigenvalue weighted by Crippen LogP contribution is 2.26. The lowest BCUT2D eigenvalue weighted by atomic mass is 10.1. The number of morpholine rings is 1. The predicted octanol–water partition coefficient (Wildman–Crippen LogP) is 3.17. The fourth-order valence-corrected chi connectivity index (χ4v) is 2.82. The third kappa shape index (κ3) is 4.04. The van der Waals surface area contributed by atoms with Crippen LogP contribution in [-0.2, 0) is 4.74 Å². The van der Waals surface area contributed by atoms with Gasteiger partial charge in [-0.1, -0.05) is 12.1 Å². The highest BCUT2D eigenvalue weighted by Gasteiger charge is 2.30. The van der Waals surface area contributed by atoms with Crippen LogP contribution in [0.2, 0.25) is 0 Å². The number of methoxy groups -OCH3 is 1. The minimum Gasteiger partial charge on any atom is -0.493 e. The highest BCUT2D eigenvalue weighted by molar-refractivity contribution is 5.94. The van der Waals surface area contributed by atoms with E-state index in [1.165, 1.54) is 12.0 Å². The smallest absolute Gasteiger partial charge is 0.257 e. The van der Waals surface area contributed by atoms with E-state index < -0.39 is 40.8 Å². The summed E-state index contributed by atoms with van der Waals surface area (Å²) in [4.78, 5) is 13.6. The fourth-order valence-electron chi connectivity index (χ4n) is 2.82. The van der Waals surface area contributed by atoms with Gasteiger partial charge < -0.3 is 19.1 Å². The average molecular weight is 399 g/mol. The average Bonchev–Trinajstić information content (AvgIpc) is 2.73. The Morgan fingerprint density at radius 2 is 1.86 bits per heavy atom. The summed E-state index contributed by atoms with van der Waals surface area (Å²) in [6, 6.07) is 7.30. The van der Waals surface area contributed by atoms with Gasteiger partial charge in [-0.05, 0) is 18.2 Å². The molecule has 1 atom stereocenters. The van der Waals surface area contributed by atoms with Crippen LogP contribution in [0.3, 0.4) is 0 Å². The van der Waals surface area contributed by atoms with E-state index in [4.69, 9.17) is 14.2 Å². The Bertz CT molecular complexity index is 877. The number of hydrogen-bond acceptors (Lipinski definition) is 4. The fraction of sp³-hybridized carbons (Fsp3) is 0.316. The molecule has 1 fully saturated rings. The van der Waals surface area contributed by atoms with Crippen LogP contribution in [0.4, 0.5) is 17.6 Å². The molecule has 0 spiro atoms. The van der Waals surface area contributed by atoms with E-state index in [0.29, 0.717) is 17.6 Å². The molecule has 3 rings (SSSR count). The minimum atomic E-state index is -2.02. The van der Waals surface area contributed by atoms with Gasteiger partial charge in [0, 0.05) is 6.54 Å². The van der Waals surface area contributed by atoms with Crippen molar-refractivity contribution in [1.82, 2.24) is 4.90 Å². The van der Waals surface area contributed by atoms with Gasteiger partial charge in [0.1, 0.15) is 12.7 Å². The number of para-hydroxylation sites is 2. The molecule has 0 aromatic heterocycles. The summed E-state index contributed by atoms with van der Waals surface area (Å²) in [5, 5.41) is 0. The van der Waals surface area contributed by atoms with Gasteiger partial charge >= 0.3 is 0 Å². The zero-order valence-electron chi connectivity index (χ0n) is 14.9. The molecule has 0 radical (unpaired) electrons. The number of carbonyl (C=O) groups is 1. The van der Waals surface area contributed by atoms with Gasteiger partial charge in [-0.25, -0.2) is 17.6 Å². The quantitative estimate of drug-likeness (QED) is 0.440. The maximum absolute atomic E-state index is 13.9.